The molecule has 5 nitrogen and oxygen atoms in total. The van der Waals surface area contributed by atoms with E-state index >= 15 is 0 Å². The van der Waals surface area contributed by atoms with Crippen molar-refractivity contribution in [2.45, 2.75) is 0 Å². The highest BCUT2D eigenvalue weighted by molar-refractivity contribution is 5.93. The fourth-order valence-corrected chi connectivity index (χ4v) is 2.91. The van der Waals surface area contributed by atoms with Gasteiger partial charge in [-0.05, 0) is 24.3 Å². The molecule has 0 spiro atoms. The van der Waals surface area contributed by atoms with E-state index in [0.717, 1.165) is 31.9 Å². The van der Waals surface area contributed by atoms with Gasteiger partial charge in [-0.1, -0.05) is 18.2 Å². The summed E-state index contributed by atoms with van der Waals surface area (Å²) in [5, 5.41) is 2.73. The van der Waals surface area contributed by atoms with Crippen molar-refractivity contribution in [2.24, 2.45) is 0 Å². The number of benzene rings is 1. The van der Waals surface area contributed by atoms with Crippen LogP contribution in [0.15, 0.2) is 55.3 Å². The van der Waals surface area contributed by atoms with Crippen LogP contribution in [0.5, 0.6) is 0 Å². The third-order valence-corrected chi connectivity index (χ3v) is 4.22. The zero-order valence-electron chi connectivity index (χ0n) is 14.0. The first-order valence-corrected chi connectivity index (χ1v) is 8.28. The molecule has 1 aliphatic rings. The molecule has 0 aliphatic carbocycles. The van der Waals surface area contributed by atoms with Gasteiger partial charge in [0.05, 0.1) is 5.69 Å². The van der Waals surface area contributed by atoms with Gasteiger partial charge in [0.2, 0.25) is 0 Å². The first kappa shape index (κ1) is 17.0. The lowest BCUT2D eigenvalue weighted by atomic mass is 10.2. The molecule has 1 saturated heterocycles. The van der Waals surface area contributed by atoms with Crippen LogP contribution in [0.25, 0.3) is 0 Å². The summed E-state index contributed by atoms with van der Waals surface area (Å²) < 4.78 is 13.9. The summed E-state index contributed by atoms with van der Waals surface area (Å²) in [5.74, 6) is -0.409. The maximum atomic E-state index is 13.9. The minimum Gasteiger partial charge on any atom is -0.368 e. The van der Waals surface area contributed by atoms with E-state index in [1.54, 1.807) is 30.5 Å². The van der Waals surface area contributed by atoms with Crippen molar-refractivity contribution in [3.8, 4) is 0 Å². The number of nitrogens with zero attached hydrogens (tertiary/aromatic N) is 3. The molecule has 1 aromatic carbocycles. The van der Waals surface area contributed by atoms with E-state index in [9.17, 15) is 9.18 Å². The van der Waals surface area contributed by atoms with Crippen LogP contribution in [0.2, 0.25) is 0 Å². The fraction of sp³-hybridized carbons (Fsp3) is 0.263. The number of halogens is 1. The number of rotatable bonds is 5. The molecular weight excluding hydrogens is 319 g/mol. The predicted octanol–water partition coefficient (Wildman–Crippen LogP) is 2.46. The van der Waals surface area contributed by atoms with Crippen LogP contribution in [-0.2, 0) is 0 Å². The third kappa shape index (κ3) is 3.96. The number of hydrogen-bond donors (Lipinski definition) is 1. The lowest BCUT2D eigenvalue weighted by molar-refractivity contribution is 0.0953. The van der Waals surface area contributed by atoms with Crippen molar-refractivity contribution in [2.75, 3.05) is 42.5 Å². The summed E-state index contributed by atoms with van der Waals surface area (Å²) in [6, 6.07) is 10.5. The molecule has 1 fully saturated rings. The van der Waals surface area contributed by atoms with Crippen LogP contribution in [0, 0.1) is 5.82 Å². The molecule has 6 heteroatoms. The molecule has 0 atom stereocenters. The molecule has 2 aromatic rings. The maximum Gasteiger partial charge on any atom is 0.270 e. The van der Waals surface area contributed by atoms with Gasteiger partial charge in [0.1, 0.15) is 11.5 Å². The smallest absolute Gasteiger partial charge is 0.270 e. The van der Waals surface area contributed by atoms with Gasteiger partial charge in [0.15, 0.2) is 0 Å². The molecular formula is C19H21FN4O. The molecule has 1 N–H and O–H groups in total. The molecule has 1 aromatic heterocycles. The Bertz CT molecular complexity index is 757. The summed E-state index contributed by atoms with van der Waals surface area (Å²) in [4.78, 5) is 20.4. The normalized spacial score (nSPS) is 14.3. The number of amides is 1. The van der Waals surface area contributed by atoms with E-state index in [0.29, 0.717) is 17.9 Å². The van der Waals surface area contributed by atoms with Gasteiger partial charge in [0.25, 0.3) is 5.91 Å². The summed E-state index contributed by atoms with van der Waals surface area (Å²) in [5.41, 5.74) is 1.98. The second-order valence-corrected chi connectivity index (χ2v) is 5.82. The van der Waals surface area contributed by atoms with E-state index in [2.05, 4.69) is 21.8 Å². The molecule has 25 heavy (non-hydrogen) atoms. The largest absolute Gasteiger partial charge is 0.368 e. The van der Waals surface area contributed by atoms with Crippen LogP contribution < -0.4 is 15.1 Å². The SMILES string of the molecule is C=CCNC(=O)c1cc(N2CCN(c3ccccc3F)CC2)ccn1. The van der Waals surface area contributed by atoms with Gasteiger partial charge in [0, 0.05) is 44.6 Å². The number of para-hydroxylation sites is 1. The Morgan fingerprint density at radius 1 is 1.20 bits per heavy atom. The second-order valence-electron chi connectivity index (χ2n) is 5.82. The first-order chi connectivity index (χ1) is 12.2. The quantitative estimate of drug-likeness (QED) is 0.850. The van der Waals surface area contributed by atoms with Crippen molar-refractivity contribution in [1.29, 1.82) is 0 Å². The van der Waals surface area contributed by atoms with Crippen molar-refractivity contribution in [1.82, 2.24) is 10.3 Å². The monoisotopic (exact) mass is 340 g/mol. The Kier molecular flexibility index (Phi) is 5.28. The number of nitrogens with one attached hydrogen (secondary N) is 1. The van der Waals surface area contributed by atoms with Crippen molar-refractivity contribution < 1.29 is 9.18 Å². The summed E-state index contributed by atoms with van der Waals surface area (Å²) in [6.45, 7) is 6.95. The van der Waals surface area contributed by atoms with Crippen LogP contribution in [-0.4, -0.2) is 43.6 Å². The van der Waals surface area contributed by atoms with Crippen molar-refractivity contribution >= 4 is 17.3 Å². The first-order valence-electron chi connectivity index (χ1n) is 8.28. The van der Waals surface area contributed by atoms with Gasteiger partial charge >= 0.3 is 0 Å². The Morgan fingerprint density at radius 3 is 2.64 bits per heavy atom. The van der Waals surface area contributed by atoms with Gasteiger partial charge in [-0.3, -0.25) is 9.78 Å². The highest BCUT2D eigenvalue weighted by Gasteiger charge is 2.20. The van der Waals surface area contributed by atoms with Crippen LogP contribution >= 0.6 is 0 Å². The van der Waals surface area contributed by atoms with E-state index in [1.165, 1.54) is 6.07 Å². The minimum absolute atomic E-state index is 0.193. The van der Waals surface area contributed by atoms with E-state index < -0.39 is 0 Å². The summed E-state index contributed by atoms with van der Waals surface area (Å²) >= 11 is 0. The highest BCUT2D eigenvalue weighted by atomic mass is 19.1. The van der Waals surface area contributed by atoms with Crippen LogP contribution in [0.1, 0.15) is 10.5 Å². The number of anilines is 2. The lowest BCUT2D eigenvalue weighted by Gasteiger charge is -2.37. The molecule has 2 heterocycles. The number of piperazine rings is 1. The number of pyridine rings is 1. The molecule has 0 bridgehead atoms. The average Bonchev–Trinajstić information content (AvgIpc) is 2.67. The van der Waals surface area contributed by atoms with E-state index in [4.69, 9.17) is 0 Å². The van der Waals surface area contributed by atoms with Gasteiger partial charge in [-0.15, -0.1) is 6.58 Å². The van der Waals surface area contributed by atoms with Gasteiger partial charge in [-0.2, -0.15) is 0 Å². The average molecular weight is 340 g/mol. The molecule has 3 rings (SSSR count). The van der Waals surface area contributed by atoms with Crippen molar-refractivity contribution in [3.63, 3.8) is 0 Å². The third-order valence-electron chi connectivity index (χ3n) is 4.22. The molecule has 0 unspecified atom stereocenters. The topological polar surface area (TPSA) is 48.5 Å². The van der Waals surface area contributed by atoms with Gasteiger partial charge in [-0.25, -0.2) is 4.39 Å². The minimum atomic E-state index is -0.216. The highest BCUT2D eigenvalue weighted by Crippen LogP contribution is 2.23. The fourth-order valence-electron chi connectivity index (χ4n) is 2.91. The number of carbonyl (C=O) groups is 1. The molecule has 1 amide bonds. The molecule has 1 aliphatic heterocycles. The molecule has 0 saturated carbocycles. The molecule has 0 radical (unpaired) electrons. The standard InChI is InChI=1S/C19H21FN4O/c1-2-8-22-19(25)17-14-15(7-9-21-17)23-10-12-24(13-11-23)18-6-4-3-5-16(18)20/h2-7,9,14H,1,8,10-13H2,(H,22,25). The Morgan fingerprint density at radius 2 is 1.92 bits per heavy atom. The van der Waals surface area contributed by atoms with Gasteiger partial charge < -0.3 is 15.1 Å². The predicted molar refractivity (Wildman–Crippen MR) is 97.6 cm³/mol. The number of aromatic nitrogens is 1. The van der Waals surface area contributed by atoms with Crippen molar-refractivity contribution in [3.05, 3.63) is 66.8 Å². The van der Waals surface area contributed by atoms with Crippen LogP contribution in [0.3, 0.4) is 0 Å². The summed E-state index contributed by atoms with van der Waals surface area (Å²) in [6.07, 6.45) is 3.27. The Balaban J connectivity index is 1.66. The second kappa shape index (κ2) is 7.79. The zero-order valence-corrected chi connectivity index (χ0v) is 14.0. The lowest BCUT2D eigenvalue weighted by Crippen LogP contribution is -2.46. The Labute approximate surface area is 146 Å². The summed E-state index contributed by atoms with van der Waals surface area (Å²) in [7, 11) is 0. The maximum absolute atomic E-state index is 13.9. The number of hydrogen-bond acceptors (Lipinski definition) is 4. The zero-order chi connectivity index (χ0) is 17.6. The number of carbonyl (C=O) groups excluding carboxylic acids is 1. The van der Waals surface area contributed by atoms with E-state index in [1.807, 2.05) is 17.0 Å². The molecule has 130 valence electrons. The van der Waals surface area contributed by atoms with E-state index in [-0.39, 0.29) is 11.7 Å². The van der Waals surface area contributed by atoms with Crippen LogP contribution in [0.4, 0.5) is 15.8 Å². The Hall–Kier alpha value is -2.89.